The number of ether oxygens (including phenoxy) is 2. The van der Waals surface area contributed by atoms with Gasteiger partial charge in [0, 0.05) is 50.4 Å². The molecule has 3 aromatic rings. The van der Waals surface area contributed by atoms with Crippen LogP contribution >= 0.6 is 0 Å². The van der Waals surface area contributed by atoms with Crippen LogP contribution in [0.25, 0.3) is 11.3 Å². The Bertz CT molecular complexity index is 1400. The molecule has 2 fully saturated rings. The van der Waals surface area contributed by atoms with E-state index in [4.69, 9.17) is 9.47 Å². The Kier molecular flexibility index (Phi) is 7.99. The Morgan fingerprint density at radius 1 is 0.795 bits per heavy atom. The van der Waals surface area contributed by atoms with Gasteiger partial charge in [-0.05, 0) is 67.4 Å². The van der Waals surface area contributed by atoms with Crippen LogP contribution < -0.4 is 14.4 Å². The fourth-order valence-corrected chi connectivity index (χ4v) is 6.51. The zero-order valence-corrected chi connectivity index (χ0v) is 23.1. The van der Waals surface area contributed by atoms with Gasteiger partial charge < -0.3 is 19.3 Å². The second-order valence-electron chi connectivity index (χ2n) is 9.61. The van der Waals surface area contributed by atoms with Gasteiger partial charge >= 0.3 is 0 Å². The summed E-state index contributed by atoms with van der Waals surface area (Å²) >= 11 is 0. The smallest absolute Gasteiger partial charge is 0.253 e. The maximum Gasteiger partial charge on any atom is 0.253 e. The van der Waals surface area contributed by atoms with Gasteiger partial charge in [-0.15, -0.1) is 10.2 Å². The standard InChI is InChI=1S/C28H33N5O5S/c1-37-22-8-12-26(38-2)24(20-22)25-11-13-27(30-29-25)31-16-18-32(19-17-31)28(34)21-6-9-23(10-7-21)39(35,36)33-14-4-3-5-15-33/h6-13,20H,3-5,14-19H2,1-2H3. The first-order valence-corrected chi connectivity index (χ1v) is 14.6. The van der Waals surface area contributed by atoms with Crippen LogP contribution in [0, 0.1) is 0 Å². The van der Waals surface area contributed by atoms with E-state index in [1.54, 1.807) is 43.4 Å². The van der Waals surface area contributed by atoms with E-state index >= 15 is 0 Å². The first-order chi connectivity index (χ1) is 18.9. The number of hydrogen-bond acceptors (Lipinski definition) is 8. The lowest BCUT2D eigenvalue weighted by molar-refractivity contribution is 0.0746. The third kappa shape index (κ3) is 5.69. The van der Waals surface area contributed by atoms with Gasteiger partial charge in [0.15, 0.2) is 5.82 Å². The van der Waals surface area contributed by atoms with Crippen LogP contribution in [-0.2, 0) is 10.0 Å². The molecule has 1 aromatic heterocycles. The first-order valence-electron chi connectivity index (χ1n) is 13.1. The number of piperidine rings is 1. The number of benzene rings is 2. The summed E-state index contributed by atoms with van der Waals surface area (Å²) in [5.41, 5.74) is 1.95. The second kappa shape index (κ2) is 11.6. The summed E-state index contributed by atoms with van der Waals surface area (Å²) in [5, 5.41) is 8.84. The van der Waals surface area contributed by atoms with Gasteiger partial charge in [-0.1, -0.05) is 6.42 Å². The molecule has 0 bridgehead atoms. The van der Waals surface area contributed by atoms with Crippen molar-refractivity contribution in [1.82, 2.24) is 19.4 Å². The average molecular weight is 552 g/mol. The zero-order chi connectivity index (χ0) is 27.4. The predicted molar refractivity (Wildman–Crippen MR) is 148 cm³/mol. The third-order valence-electron chi connectivity index (χ3n) is 7.28. The van der Waals surface area contributed by atoms with Gasteiger partial charge in [0.1, 0.15) is 11.5 Å². The molecule has 10 nitrogen and oxygen atoms in total. The molecule has 2 saturated heterocycles. The molecular weight excluding hydrogens is 518 g/mol. The minimum atomic E-state index is -3.52. The van der Waals surface area contributed by atoms with E-state index in [0.29, 0.717) is 62.0 Å². The van der Waals surface area contributed by atoms with Crippen LogP contribution in [0.3, 0.4) is 0 Å². The summed E-state index contributed by atoms with van der Waals surface area (Å²) in [6, 6.07) is 15.7. The molecular formula is C28H33N5O5S. The van der Waals surface area contributed by atoms with Gasteiger partial charge in [0.05, 0.1) is 24.8 Å². The Morgan fingerprint density at radius 2 is 1.51 bits per heavy atom. The normalized spacial score (nSPS) is 16.7. The van der Waals surface area contributed by atoms with Gasteiger partial charge in [-0.3, -0.25) is 4.79 Å². The molecule has 11 heteroatoms. The zero-order valence-electron chi connectivity index (χ0n) is 22.2. The molecule has 5 rings (SSSR count). The fourth-order valence-electron chi connectivity index (χ4n) is 5.00. The van der Waals surface area contributed by atoms with E-state index in [1.165, 1.54) is 4.31 Å². The molecule has 0 unspecified atom stereocenters. The highest BCUT2D eigenvalue weighted by atomic mass is 32.2. The first kappa shape index (κ1) is 26.9. The highest BCUT2D eigenvalue weighted by Gasteiger charge is 2.27. The molecule has 0 aliphatic carbocycles. The average Bonchev–Trinajstić information content (AvgIpc) is 3.01. The number of methoxy groups -OCH3 is 2. The van der Waals surface area contributed by atoms with Crippen LogP contribution in [-0.4, -0.2) is 87.2 Å². The molecule has 0 atom stereocenters. The molecule has 3 heterocycles. The summed E-state index contributed by atoms with van der Waals surface area (Å²) in [5.74, 6) is 2.01. The molecule has 2 aliphatic rings. The lowest BCUT2D eigenvalue weighted by Gasteiger charge is -2.35. The number of carbonyl (C=O) groups excluding carboxylic acids is 1. The summed E-state index contributed by atoms with van der Waals surface area (Å²) in [6.07, 6.45) is 2.83. The lowest BCUT2D eigenvalue weighted by Crippen LogP contribution is -2.49. The number of hydrogen-bond donors (Lipinski definition) is 0. The monoisotopic (exact) mass is 551 g/mol. The van der Waals surface area contributed by atoms with Crippen molar-refractivity contribution >= 4 is 21.7 Å². The second-order valence-corrected chi connectivity index (χ2v) is 11.5. The molecule has 206 valence electrons. The number of sulfonamides is 1. The van der Waals surface area contributed by atoms with Crippen molar-refractivity contribution in [1.29, 1.82) is 0 Å². The molecule has 2 aliphatic heterocycles. The van der Waals surface area contributed by atoms with E-state index in [1.807, 2.05) is 30.3 Å². The molecule has 2 aromatic carbocycles. The highest BCUT2D eigenvalue weighted by molar-refractivity contribution is 7.89. The van der Waals surface area contributed by atoms with Crippen molar-refractivity contribution in [2.75, 3.05) is 58.4 Å². The fraction of sp³-hybridized carbons (Fsp3) is 0.393. The van der Waals surface area contributed by atoms with Crippen LogP contribution in [0.2, 0.25) is 0 Å². The lowest BCUT2D eigenvalue weighted by atomic mass is 10.1. The minimum absolute atomic E-state index is 0.108. The maximum atomic E-state index is 13.1. The van der Waals surface area contributed by atoms with E-state index < -0.39 is 10.0 Å². The Morgan fingerprint density at radius 3 is 2.13 bits per heavy atom. The Balaban J connectivity index is 1.20. The van der Waals surface area contributed by atoms with Crippen molar-refractivity contribution in [2.45, 2.75) is 24.2 Å². The number of nitrogens with zero attached hydrogens (tertiary/aromatic N) is 5. The van der Waals surface area contributed by atoms with Gasteiger partial charge in [-0.25, -0.2) is 8.42 Å². The topological polar surface area (TPSA) is 105 Å². The van der Waals surface area contributed by atoms with Crippen molar-refractivity contribution in [3.8, 4) is 22.8 Å². The van der Waals surface area contributed by atoms with Gasteiger partial charge in [-0.2, -0.15) is 4.31 Å². The number of carbonyl (C=O) groups is 1. The van der Waals surface area contributed by atoms with Crippen molar-refractivity contribution in [3.05, 3.63) is 60.2 Å². The van der Waals surface area contributed by atoms with E-state index in [2.05, 4.69) is 15.1 Å². The molecule has 0 spiro atoms. The number of rotatable bonds is 7. The van der Waals surface area contributed by atoms with Crippen LogP contribution in [0.1, 0.15) is 29.6 Å². The molecule has 1 amide bonds. The summed E-state index contributed by atoms with van der Waals surface area (Å²) in [4.78, 5) is 17.2. The van der Waals surface area contributed by atoms with E-state index in [0.717, 1.165) is 30.6 Å². The third-order valence-corrected chi connectivity index (χ3v) is 9.19. The number of piperazine rings is 1. The predicted octanol–water partition coefficient (Wildman–Crippen LogP) is 3.30. The quantitative estimate of drug-likeness (QED) is 0.441. The minimum Gasteiger partial charge on any atom is -0.497 e. The van der Waals surface area contributed by atoms with Crippen LogP contribution in [0.15, 0.2) is 59.5 Å². The summed E-state index contributed by atoms with van der Waals surface area (Å²) < 4.78 is 38.1. The van der Waals surface area contributed by atoms with Crippen LogP contribution in [0.5, 0.6) is 11.5 Å². The van der Waals surface area contributed by atoms with Crippen molar-refractivity contribution < 1.29 is 22.7 Å². The number of amides is 1. The number of aromatic nitrogens is 2. The van der Waals surface area contributed by atoms with Gasteiger partial charge in [0.2, 0.25) is 10.0 Å². The van der Waals surface area contributed by atoms with Crippen LogP contribution in [0.4, 0.5) is 5.82 Å². The van der Waals surface area contributed by atoms with E-state index in [-0.39, 0.29) is 10.8 Å². The molecule has 0 N–H and O–H groups in total. The SMILES string of the molecule is COc1ccc(OC)c(-c2ccc(N3CCN(C(=O)c4ccc(S(=O)(=O)N5CCCCC5)cc4)CC3)nn2)c1. The summed E-state index contributed by atoms with van der Waals surface area (Å²) in [7, 11) is -0.297. The Labute approximate surface area is 229 Å². The largest absolute Gasteiger partial charge is 0.497 e. The van der Waals surface area contributed by atoms with Gasteiger partial charge in [0.25, 0.3) is 5.91 Å². The van der Waals surface area contributed by atoms with Crippen molar-refractivity contribution in [2.24, 2.45) is 0 Å². The summed E-state index contributed by atoms with van der Waals surface area (Å²) in [6.45, 7) is 3.39. The van der Waals surface area contributed by atoms with E-state index in [9.17, 15) is 13.2 Å². The highest BCUT2D eigenvalue weighted by Crippen LogP contribution is 2.32. The molecule has 0 radical (unpaired) electrons. The molecule has 39 heavy (non-hydrogen) atoms. The maximum absolute atomic E-state index is 13.1. The molecule has 0 saturated carbocycles. The van der Waals surface area contributed by atoms with Crippen molar-refractivity contribution in [3.63, 3.8) is 0 Å². The number of anilines is 1. The Hall–Kier alpha value is -3.70.